The van der Waals surface area contributed by atoms with Crippen LogP contribution in [0.4, 0.5) is 24.5 Å². The van der Waals surface area contributed by atoms with E-state index in [2.05, 4.69) is 26.7 Å². The van der Waals surface area contributed by atoms with E-state index in [-0.39, 0.29) is 28.8 Å². The summed E-state index contributed by atoms with van der Waals surface area (Å²) >= 11 is 4.75. The van der Waals surface area contributed by atoms with E-state index in [0.29, 0.717) is 3.57 Å². The van der Waals surface area contributed by atoms with Crippen LogP contribution in [0.2, 0.25) is 0 Å². The molecule has 0 radical (unpaired) electrons. The van der Waals surface area contributed by atoms with E-state index in [9.17, 15) is 23.1 Å². The van der Waals surface area contributed by atoms with Gasteiger partial charge in [-0.2, -0.15) is 0 Å². The minimum absolute atomic E-state index is 0.00536. The Kier molecular flexibility index (Phi) is 7.71. The summed E-state index contributed by atoms with van der Waals surface area (Å²) in [5.74, 6) is -4.15. The minimum Gasteiger partial charge on any atom is -0.390 e. The number of halogens is 5. The molecule has 0 atom stereocenters. The average Bonchev–Trinajstić information content (AvgIpc) is 2.59. The van der Waals surface area contributed by atoms with Gasteiger partial charge in [-0.1, -0.05) is 0 Å². The molecular weight excluding hydrogens is 556 g/mol. The average molecular weight is 573 g/mol. The van der Waals surface area contributed by atoms with Gasteiger partial charge >= 0.3 is 0 Å². The van der Waals surface area contributed by atoms with Crippen LogP contribution in [-0.4, -0.2) is 23.2 Å². The molecule has 28 heavy (non-hydrogen) atoms. The van der Waals surface area contributed by atoms with Gasteiger partial charge in [0.1, 0.15) is 5.82 Å². The lowest BCUT2D eigenvalue weighted by molar-refractivity contribution is -0.00570. The molecule has 152 valence electrons. The topological polar surface area (TPSA) is 70.6 Å². The van der Waals surface area contributed by atoms with Crippen LogP contribution in [0.25, 0.3) is 0 Å². The Morgan fingerprint density at radius 1 is 1.25 bits per heavy atom. The first kappa shape index (κ1) is 22.9. The van der Waals surface area contributed by atoms with Gasteiger partial charge in [0.2, 0.25) is 0 Å². The van der Waals surface area contributed by atoms with Crippen LogP contribution in [0.5, 0.6) is 0 Å². The zero-order valence-electron chi connectivity index (χ0n) is 14.9. The molecule has 0 fully saturated rings. The third kappa shape index (κ3) is 6.06. The molecule has 3 N–H and O–H groups in total. The third-order valence-electron chi connectivity index (χ3n) is 3.58. The number of benzene rings is 2. The smallest absolute Gasteiger partial charge is 0.277 e. The van der Waals surface area contributed by atoms with Gasteiger partial charge in [-0.15, -0.1) is 0 Å². The van der Waals surface area contributed by atoms with Gasteiger partial charge in [-0.25, -0.2) is 18.7 Å². The normalized spacial score (nSPS) is 11.4. The second kappa shape index (κ2) is 9.42. The van der Waals surface area contributed by atoms with Crippen LogP contribution in [-0.2, 0) is 4.84 Å². The van der Waals surface area contributed by atoms with Crippen molar-refractivity contribution in [1.29, 1.82) is 0 Å². The molecule has 0 saturated heterocycles. The molecule has 0 saturated carbocycles. The number of hydroxylamine groups is 1. The summed E-state index contributed by atoms with van der Waals surface area (Å²) in [5.41, 5.74) is 0.142. The second-order valence-electron chi connectivity index (χ2n) is 6.50. The van der Waals surface area contributed by atoms with E-state index in [1.165, 1.54) is 12.1 Å². The van der Waals surface area contributed by atoms with Crippen molar-refractivity contribution in [1.82, 2.24) is 5.48 Å². The molecule has 1 amide bonds. The molecule has 0 spiro atoms. The number of carbonyl (C=O) groups is 1. The fourth-order valence-corrected chi connectivity index (χ4v) is 2.95. The molecule has 5 nitrogen and oxygen atoms in total. The van der Waals surface area contributed by atoms with Crippen LogP contribution in [0.3, 0.4) is 0 Å². The predicted molar refractivity (Wildman–Crippen MR) is 111 cm³/mol. The number of hydrogen-bond acceptors (Lipinski definition) is 4. The number of nitrogens with one attached hydrogen (secondary N) is 2. The molecule has 0 unspecified atom stereocenters. The van der Waals surface area contributed by atoms with Crippen molar-refractivity contribution in [3.63, 3.8) is 0 Å². The Morgan fingerprint density at radius 3 is 2.54 bits per heavy atom. The quantitative estimate of drug-likeness (QED) is 0.188. The highest BCUT2D eigenvalue weighted by atomic mass is 127. The molecule has 0 aliphatic heterocycles. The van der Waals surface area contributed by atoms with Crippen molar-refractivity contribution < 1.29 is 27.9 Å². The van der Waals surface area contributed by atoms with Crippen LogP contribution in [0, 0.1) is 21.0 Å². The van der Waals surface area contributed by atoms with Crippen molar-refractivity contribution in [2.24, 2.45) is 0 Å². The molecule has 0 heterocycles. The van der Waals surface area contributed by atoms with Crippen LogP contribution >= 0.6 is 38.5 Å². The fraction of sp³-hybridized carbons (Fsp3) is 0.278. The second-order valence-corrected chi connectivity index (χ2v) is 8.60. The monoisotopic (exact) mass is 572 g/mol. The Balaban J connectivity index is 2.29. The zero-order chi connectivity index (χ0) is 21.1. The lowest BCUT2D eigenvalue weighted by atomic mass is 10.1. The van der Waals surface area contributed by atoms with E-state index in [4.69, 9.17) is 4.84 Å². The molecule has 2 aromatic rings. The summed E-state index contributed by atoms with van der Waals surface area (Å²) in [6.45, 7) is 3.14. The molecule has 10 heteroatoms. The standard InChI is InChI=1S/C18H17BrF3IN2O3/c1-18(2,27)5-6-28-25-17(26)10-8-11(19)14(21)15(22)16(10)24-13-4-3-9(23)7-12(13)20/h3-4,7-8,24,27H,5-6H2,1-2H3,(H,25,26). The van der Waals surface area contributed by atoms with Gasteiger partial charge in [0.15, 0.2) is 11.6 Å². The van der Waals surface area contributed by atoms with Gasteiger partial charge in [-0.05, 0) is 76.6 Å². The summed E-state index contributed by atoms with van der Waals surface area (Å²) < 4.78 is 42.9. The van der Waals surface area contributed by atoms with Crippen molar-refractivity contribution >= 4 is 55.8 Å². The Labute approximate surface area is 181 Å². The highest BCUT2D eigenvalue weighted by Gasteiger charge is 2.23. The van der Waals surface area contributed by atoms with Gasteiger partial charge in [0.05, 0.1) is 33.6 Å². The van der Waals surface area contributed by atoms with E-state index in [0.717, 1.165) is 6.07 Å². The Morgan fingerprint density at radius 2 is 1.93 bits per heavy atom. The molecule has 0 aliphatic carbocycles. The van der Waals surface area contributed by atoms with Gasteiger partial charge < -0.3 is 10.4 Å². The van der Waals surface area contributed by atoms with E-state index in [1.54, 1.807) is 19.9 Å². The van der Waals surface area contributed by atoms with Gasteiger partial charge in [0, 0.05) is 9.99 Å². The van der Waals surface area contributed by atoms with Crippen LogP contribution < -0.4 is 10.8 Å². The maximum absolute atomic E-state index is 14.5. The molecular formula is C18H17BrF3IN2O3. The lowest BCUT2D eigenvalue weighted by Crippen LogP contribution is -2.28. The van der Waals surface area contributed by atoms with E-state index < -0.39 is 34.6 Å². The highest BCUT2D eigenvalue weighted by Crippen LogP contribution is 2.32. The first-order valence-corrected chi connectivity index (χ1v) is 9.91. The first-order chi connectivity index (χ1) is 13.0. The van der Waals surface area contributed by atoms with Crippen LogP contribution in [0.15, 0.2) is 28.7 Å². The number of amides is 1. The third-order valence-corrected chi connectivity index (χ3v) is 4.83. The SMILES string of the molecule is CC(C)(O)CCONC(=O)c1cc(Br)c(F)c(F)c1Nc1ccc(I)cc1F. The highest BCUT2D eigenvalue weighted by molar-refractivity contribution is 14.1. The molecule has 2 aromatic carbocycles. The maximum Gasteiger partial charge on any atom is 0.277 e. The maximum atomic E-state index is 14.5. The molecule has 0 aromatic heterocycles. The van der Waals surface area contributed by atoms with E-state index in [1.807, 2.05) is 22.6 Å². The molecule has 0 aliphatic rings. The molecule has 2 rings (SSSR count). The van der Waals surface area contributed by atoms with Crippen LogP contribution in [0.1, 0.15) is 30.6 Å². The van der Waals surface area contributed by atoms with Gasteiger partial charge in [-0.3, -0.25) is 9.63 Å². The number of carbonyl (C=O) groups excluding carboxylic acids is 1. The number of anilines is 2. The largest absolute Gasteiger partial charge is 0.390 e. The lowest BCUT2D eigenvalue weighted by Gasteiger charge is -2.17. The Bertz CT molecular complexity index is 891. The Hall–Kier alpha value is -1.37. The first-order valence-electron chi connectivity index (χ1n) is 8.03. The minimum atomic E-state index is -1.35. The summed E-state index contributed by atoms with van der Waals surface area (Å²) in [6.07, 6.45) is 0.230. The fourth-order valence-electron chi connectivity index (χ4n) is 2.09. The van der Waals surface area contributed by atoms with Gasteiger partial charge in [0.25, 0.3) is 5.91 Å². The zero-order valence-corrected chi connectivity index (χ0v) is 18.6. The summed E-state index contributed by atoms with van der Waals surface area (Å²) in [6, 6.07) is 5.17. The van der Waals surface area contributed by atoms with Crippen molar-refractivity contribution in [2.75, 3.05) is 11.9 Å². The summed E-state index contributed by atoms with van der Waals surface area (Å²) in [7, 11) is 0. The number of hydrogen-bond donors (Lipinski definition) is 3. The number of rotatable bonds is 7. The predicted octanol–water partition coefficient (Wildman–Crippen LogP) is 5.04. The summed E-state index contributed by atoms with van der Waals surface area (Å²) in [5, 5.41) is 12.1. The van der Waals surface area contributed by atoms with Crippen molar-refractivity contribution in [3.05, 3.63) is 55.3 Å². The molecule has 0 bridgehead atoms. The summed E-state index contributed by atoms with van der Waals surface area (Å²) in [4.78, 5) is 17.4. The van der Waals surface area contributed by atoms with Crippen molar-refractivity contribution in [3.8, 4) is 0 Å². The van der Waals surface area contributed by atoms with Crippen molar-refractivity contribution in [2.45, 2.75) is 25.9 Å². The van der Waals surface area contributed by atoms with E-state index >= 15 is 0 Å². The number of aliphatic hydroxyl groups is 1.